The maximum absolute atomic E-state index is 13.7. The van der Waals surface area contributed by atoms with E-state index in [1.54, 1.807) is 0 Å². The molecule has 0 spiro atoms. The van der Waals surface area contributed by atoms with Crippen LogP contribution in [0.1, 0.15) is 37.0 Å². The van der Waals surface area contributed by atoms with Gasteiger partial charge in [0.2, 0.25) is 0 Å². The number of nitrogens with one attached hydrogen (secondary N) is 3. The van der Waals surface area contributed by atoms with Gasteiger partial charge in [-0.25, -0.2) is 4.39 Å². The van der Waals surface area contributed by atoms with Gasteiger partial charge in [0.15, 0.2) is 4.77 Å². The van der Waals surface area contributed by atoms with Crippen LogP contribution < -0.4 is 5.32 Å². The van der Waals surface area contributed by atoms with E-state index < -0.39 is 5.82 Å². The van der Waals surface area contributed by atoms with Crippen molar-refractivity contribution in [3.05, 3.63) is 28.3 Å². The van der Waals surface area contributed by atoms with Gasteiger partial charge < -0.3 is 20.0 Å². The monoisotopic (exact) mass is 323 g/mol. The molecule has 7 heteroatoms. The Morgan fingerprint density at radius 2 is 2.00 bits per heavy atom. The van der Waals surface area contributed by atoms with Crippen molar-refractivity contribution in [3.63, 3.8) is 0 Å². The summed E-state index contributed by atoms with van der Waals surface area (Å²) < 4.78 is 19.7. The fraction of sp³-hybridized carbons (Fsp3) is 0.467. The molecule has 1 saturated heterocycles. The zero-order valence-corrected chi connectivity index (χ0v) is 13.2. The second kappa shape index (κ2) is 5.81. The zero-order valence-electron chi connectivity index (χ0n) is 12.4. The summed E-state index contributed by atoms with van der Waals surface area (Å²) in [6.07, 6.45) is 1.69. The number of benzene rings is 1. The van der Waals surface area contributed by atoms with Gasteiger partial charge in [-0.15, -0.1) is 0 Å². The van der Waals surface area contributed by atoms with Crippen molar-refractivity contribution in [2.45, 2.75) is 44.9 Å². The van der Waals surface area contributed by atoms with Gasteiger partial charge in [0.25, 0.3) is 5.91 Å². The Morgan fingerprint density at radius 3 is 2.68 bits per heavy atom. The van der Waals surface area contributed by atoms with Crippen LogP contribution in [-0.4, -0.2) is 34.1 Å². The van der Waals surface area contributed by atoms with Gasteiger partial charge in [-0.05, 0) is 51.0 Å². The third kappa shape index (κ3) is 3.05. The third-order valence-corrected chi connectivity index (χ3v) is 4.07. The molecule has 1 fully saturated rings. The topological polar surface area (TPSA) is 69.9 Å². The van der Waals surface area contributed by atoms with E-state index in [0.29, 0.717) is 15.8 Å². The number of hydrogen-bond acceptors (Lipinski definition) is 3. The predicted octanol–water partition coefficient (Wildman–Crippen LogP) is 3.05. The van der Waals surface area contributed by atoms with E-state index in [9.17, 15) is 9.18 Å². The Hall–Kier alpha value is -1.73. The molecule has 3 rings (SSSR count). The average molecular weight is 323 g/mol. The van der Waals surface area contributed by atoms with Gasteiger partial charge in [-0.1, -0.05) is 0 Å². The molecule has 2 unspecified atom stereocenters. The molecule has 2 heterocycles. The molecule has 1 aliphatic heterocycles. The lowest BCUT2D eigenvalue weighted by Gasteiger charge is -2.32. The quantitative estimate of drug-likeness (QED) is 0.744. The number of imidazole rings is 1. The Kier molecular flexibility index (Phi) is 4.01. The zero-order chi connectivity index (χ0) is 15.9. The van der Waals surface area contributed by atoms with Crippen molar-refractivity contribution in [3.8, 4) is 0 Å². The largest absolute Gasteiger partial charge is 0.375 e. The molecule has 3 N–H and O–H groups in total. The third-order valence-electron chi connectivity index (χ3n) is 3.87. The summed E-state index contributed by atoms with van der Waals surface area (Å²) in [6, 6.07) is 2.56. The molecular weight excluding hydrogens is 305 g/mol. The van der Waals surface area contributed by atoms with E-state index in [2.05, 4.69) is 15.3 Å². The van der Waals surface area contributed by atoms with E-state index in [1.807, 2.05) is 13.8 Å². The lowest BCUT2D eigenvalue weighted by molar-refractivity contribution is -0.0408. The van der Waals surface area contributed by atoms with Gasteiger partial charge >= 0.3 is 0 Å². The number of rotatable bonds is 2. The van der Waals surface area contributed by atoms with E-state index in [-0.39, 0.29) is 29.7 Å². The summed E-state index contributed by atoms with van der Waals surface area (Å²) in [6.45, 7) is 3.97. The number of halogens is 1. The molecule has 0 saturated carbocycles. The Balaban J connectivity index is 1.87. The van der Waals surface area contributed by atoms with Crippen LogP contribution in [0.4, 0.5) is 4.39 Å². The van der Waals surface area contributed by atoms with Gasteiger partial charge in [0, 0.05) is 6.04 Å². The summed E-state index contributed by atoms with van der Waals surface area (Å²) in [5, 5.41) is 2.97. The number of carbonyl (C=O) groups is 1. The first-order chi connectivity index (χ1) is 10.4. The molecular formula is C15H18FN3O2S. The molecule has 0 aliphatic carbocycles. The summed E-state index contributed by atoms with van der Waals surface area (Å²) in [5.41, 5.74) is 1.27. The van der Waals surface area contributed by atoms with Crippen LogP contribution in [-0.2, 0) is 4.74 Å². The number of amides is 1. The minimum Gasteiger partial charge on any atom is -0.375 e. The van der Waals surface area contributed by atoms with Crippen LogP contribution in [0.3, 0.4) is 0 Å². The minimum atomic E-state index is -0.475. The first-order valence-electron chi connectivity index (χ1n) is 7.30. The first kappa shape index (κ1) is 15.2. The van der Waals surface area contributed by atoms with Crippen LogP contribution in [0.25, 0.3) is 11.0 Å². The lowest BCUT2D eigenvalue weighted by Crippen LogP contribution is -2.44. The van der Waals surface area contributed by atoms with Crippen molar-refractivity contribution in [2.24, 2.45) is 0 Å². The summed E-state index contributed by atoms with van der Waals surface area (Å²) in [5.74, 6) is -0.780. The highest BCUT2D eigenvalue weighted by Crippen LogP contribution is 2.21. The molecule has 2 aromatic rings. The molecule has 2 atom stereocenters. The molecule has 1 aliphatic rings. The van der Waals surface area contributed by atoms with Crippen LogP contribution in [0.2, 0.25) is 0 Å². The lowest BCUT2D eigenvalue weighted by atomic mass is 9.99. The van der Waals surface area contributed by atoms with Gasteiger partial charge in [0.1, 0.15) is 5.82 Å². The SMILES string of the molecule is CC1CC(NC(=O)c2cc(F)cc3[nH]c(=S)[nH]c23)CC(C)O1. The second-order valence-electron chi connectivity index (χ2n) is 5.85. The summed E-state index contributed by atoms with van der Waals surface area (Å²) in [7, 11) is 0. The van der Waals surface area contributed by atoms with Crippen LogP contribution in [0, 0.1) is 10.6 Å². The van der Waals surface area contributed by atoms with E-state index >= 15 is 0 Å². The Morgan fingerprint density at radius 1 is 1.32 bits per heavy atom. The normalized spacial score (nSPS) is 25.3. The molecule has 0 radical (unpaired) electrons. The van der Waals surface area contributed by atoms with Gasteiger partial charge in [0.05, 0.1) is 28.8 Å². The Bertz CT molecular complexity index is 760. The molecule has 5 nitrogen and oxygen atoms in total. The number of fused-ring (bicyclic) bond motifs is 1. The summed E-state index contributed by atoms with van der Waals surface area (Å²) >= 11 is 5.01. The van der Waals surface area contributed by atoms with Crippen LogP contribution in [0.5, 0.6) is 0 Å². The number of carbonyl (C=O) groups excluding carboxylic acids is 1. The molecule has 1 aromatic heterocycles. The van der Waals surface area contributed by atoms with Gasteiger partial charge in [-0.2, -0.15) is 0 Å². The molecule has 0 bridgehead atoms. The van der Waals surface area contributed by atoms with Crippen molar-refractivity contribution in [1.29, 1.82) is 0 Å². The maximum Gasteiger partial charge on any atom is 0.253 e. The summed E-state index contributed by atoms with van der Waals surface area (Å²) in [4.78, 5) is 18.2. The highest BCUT2D eigenvalue weighted by atomic mass is 32.1. The number of ether oxygens (including phenoxy) is 1. The van der Waals surface area contributed by atoms with Crippen LogP contribution in [0.15, 0.2) is 12.1 Å². The Labute approximate surface area is 132 Å². The maximum atomic E-state index is 13.7. The number of H-pyrrole nitrogens is 2. The predicted molar refractivity (Wildman–Crippen MR) is 83.9 cm³/mol. The van der Waals surface area contributed by atoms with Gasteiger partial charge in [-0.3, -0.25) is 4.79 Å². The molecule has 1 amide bonds. The molecule has 22 heavy (non-hydrogen) atoms. The minimum absolute atomic E-state index is 0.0199. The highest BCUT2D eigenvalue weighted by molar-refractivity contribution is 7.71. The molecule has 1 aromatic carbocycles. The van der Waals surface area contributed by atoms with E-state index in [4.69, 9.17) is 17.0 Å². The first-order valence-corrected chi connectivity index (χ1v) is 7.71. The highest BCUT2D eigenvalue weighted by Gasteiger charge is 2.26. The van der Waals surface area contributed by atoms with E-state index in [1.165, 1.54) is 12.1 Å². The van der Waals surface area contributed by atoms with Crippen LogP contribution >= 0.6 is 12.2 Å². The molecule has 118 valence electrons. The number of hydrogen-bond donors (Lipinski definition) is 3. The van der Waals surface area contributed by atoms with E-state index in [0.717, 1.165) is 12.8 Å². The standard InChI is InChI=1S/C15H18FN3O2S/c1-7-3-10(4-8(2)21-7)17-14(20)11-5-9(16)6-12-13(11)19-15(22)18-12/h5-8,10H,3-4H2,1-2H3,(H,17,20)(H2,18,19,22). The number of aromatic nitrogens is 2. The smallest absolute Gasteiger partial charge is 0.253 e. The fourth-order valence-corrected chi connectivity index (χ4v) is 3.28. The average Bonchev–Trinajstić information content (AvgIpc) is 2.76. The van der Waals surface area contributed by atoms with Crippen molar-refractivity contribution in [1.82, 2.24) is 15.3 Å². The van der Waals surface area contributed by atoms with Crippen molar-refractivity contribution in [2.75, 3.05) is 0 Å². The second-order valence-corrected chi connectivity index (χ2v) is 6.26. The van der Waals surface area contributed by atoms with Crippen molar-refractivity contribution >= 4 is 29.2 Å². The fourth-order valence-electron chi connectivity index (χ4n) is 3.07. The number of aromatic amines is 2. The van der Waals surface area contributed by atoms with Crippen molar-refractivity contribution < 1.29 is 13.9 Å².